The Morgan fingerprint density at radius 3 is 2.64 bits per heavy atom. The smallest absolute Gasteiger partial charge is 0.274 e. The van der Waals surface area contributed by atoms with Crippen molar-refractivity contribution >= 4 is 35.6 Å². The predicted octanol–water partition coefficient (Wildman–Crippen LogP) is 3.61. The fourth-order valence-electron chi connectivity index (χ4n) is 2.16. The van der Waals surface area contributed by atoms with E-state index in [0.717, 1.165) is 5.56 Å². The number of nitrogens with one attached hydrogen (secondary N) is 2. The van der Waals surface area contributed by atoms with Gasteiger partial charge in [-0.3, -0.25) is 10.1 Å². The van der Waals surface area contributed by atoms with Crippen LogP contribution in [0.1, 0.15) is 18.1 Å². The van der Waals surface area contributed by atoms with E-state index >= 15 is 0 Å². The number of nitro benzene ring substituents is 1. The zero-order valence-corrected chi connectivity index (χ0v) is 16.1. The third-order valence-corrected chi connectivity index (χ3v) is 3.29. The van der Waals surface area contributed by atoms with Gasteiger partial charge in [0.15, 0.2) is 5.96 Å². The normalized spacial score (nSPS) is 10.7. The summed E-state index contributed by atoms with van der Waals surface area (Å²) in [5.41, 5.74) is 1.38. The summed E-state index contributed by atoms with van der Waals surface area (Å²) < 4.78 is 13.2. The van der Waals surface area contributed by atoms with Crippen LogP contribution in [0.2, 0.25) is 0 Å². The Morgan fingerprint density at radius 2 is 1.96 bits per heavy atom. The van der Waals surface area contributed by atoms with E-state index in [1.165, 1.54) is 18.2 Å². The van der Waals surface area contributed by atoms with Crippen LogP contribution in [-0.4, -0.2) is 17.4 Å². The molecular weight excluding hydrogens is 438 g/mol. The zero-order chi connectivity index (χ0) is 17.4. The Hall–Kier alpha value is -2.23. The molecule has 0 aliphatic heterocycles. The molecule has 6 nitrogen and oxygen atoms in total. The van der Waals surface area contributed by atoms with Crippen molar-refractivity contribution in [3.8, 4) is 0 Å². The molecule has 0 saturated carbocycles. The first kappa shape index (κ1) is 20.8. The van der Waals surface area contributed by atoms with E-state index in [1.54, 1.807) is 30.3 Å². The fraction of sp³-hybridized carbons (Fsp3) is 0.235. The van der Waals surface area contributed by atoms with Crippen molar-refractivity contribution in [2.24, 2.45) is 4.99 Å². The highest BCUT2D eigenvalue weighted by Gasteiger charge is 2.12. The first-order valence-corrected chi connectivity index (χ1v) is 7.59. The van der Waals surface area contributed by atoms with E-state index in [-0.39, 0.29) is 42.0 Å². The van der Waals surface area contributed by atoms with Crippen LogP contribution in [0, 0.1) is 15.9 Å². The summed E-state index contributed by atoms with van der Waals surface area (Å²) in [4.78, 5) is 15.0. The molecule has 0 spiro atoms. The number of benzene rings is 2. The van der Waals surface area contributed by atoms with E-state index in [4.69, 9.17) is 0 Å². The van der Waals surface area contributed by atoms with Crippen LogP contribution in [0.5, 0.6) is 0 Å². The molecule has 0 aliphatic rings. The lowest BCUT2D eigenvalue weighted by molar-refractivity contribution is -0.385. The molecule has 0 fully saturated rings. The van der Waals surface area contributed by atoms with Crippen molar-refractivity contribution in [2.45, 2.75) is 20.0 Å². The molecule has 0 aromatic heterocycles. The SMILES string of the molecule is CCNC(=NCc1cccc(F)c1)NCc1ccccc1[N+](=O)[O-].I. The number of hydrogen-bond acceptors (Lipinski definition) is 3. The lowest BCUT2D eigenvalue weighted by Gasteiger charge is -2.11. The molecule has 134 valence electrons. The van der Waals surface area contributed by atoms with E-state index in [0.29, 0.717) is 24.6 Å². The van der Waals surface area contributed by atoms with Gasteiger partial charge in [0.25, 0.3) is 5.69 Å². The number of rotatable bonds is 6. The third-order valence-electron chi connectivity index (χ3n) is 3.29. The van der Waals surface area contributed by atoms with Crippen LogP contribution in [0.4, 0.5) is 10.1 Å². The van der Waals surface area contributed by atoms with E-state index in [2.05, 4.69) is 15.6 Å². The van der Waals surface area contributed by atoms with Crippen molar-refractivity contribution in [3.63, 3.8) is 0 Å². The Kier molecular flexibility index (Phi) is 8.82. The second kappa shape index (κ2) is 10.6. The maximum absolute atomic E-state index is 13.2. The number of guanidine groups is 1. The average Bonchev–Trinajstić information content (AvgIpc) is 2.57. The molecule has 2 N–H and O–H groups in total. The summed E-state index contributed by atoms with van der Waals surface area (Å²) in [7, 11) is 0. The Morgan fingerprint density at radius 1 is 1.20 bits per heavy atom. The van der Waals surface area contributed by atoms with Gasteiger partial charge in [0.1, 0.15) is 5.82 Å². The summed E-state index contributed by atoms with van der Waals surface area (Å²) in [6.07, 6.45) is 0. The van der Waals surface area contributed by atoms with Crippen LogP contribution >= 0.6 is 24.0 Å². The lowest BCUT2D eigenvalue weighted by Crippen LogP contribution is -2.36. The maximum atomic E-state index is 13.2. The van der Waals surface area contributed by atoms with Gasteiger partial charge < -0.3 is 10.6 Å². The molecule has 2 aromatic carbocycles. The summed E-state index contributed by atoms with van der Waals surface area (Å²) in [5.74, 6) is 0.209. The van der Waals surface area contributed by atoms with Crippen molar-refractivity contribution in [2.75, 3.05) is 6.54 Å². The molecule has 0 atom stereocenters. The average molecular weight is 458 g/mol. The van der Waals surface area contributed by atoms with Crippen molar-refractivity contribution in [1.29, 1.82) is 0 Å². The summed E-state index contributed by atoms with van der Waals surface area (Å²) in [5, 5.41) is 17.2. The highest BCUT2D eigenvalue weighted by molar-refractivity contribution is 14.0. The minimum absolute atomic E-state index is 0. The lowest BCUT2D eigenvalue weighted by atomic mass is 10.2. The quantitative estimate of drug-likeness (QED) is 0.228. The molecule has 2 rings (SSSR count). The Bertz CT molecular complexity index is 740. The summed E-state index contributed by atoms with van der Waals surface area (Å²) in [6.45, 7) is 3.15. The third kappa shape index (κ3) is 6.65. The molecular formula is C17H20FIN4O2. The minimum atomic E-state index is -0.409. The van der Waals surface area contributed by atoms with Crippen molar-refractivity contribution in [3.05, 3.63) is 75.6 Å². The Balaban J connectivity index is 0.00000312. The fourth-order valence-corrected chi connectivity index (χ4v) is 2.16. The van der Waals surface area contributed by atoms with Crippen LogP contribution < -0.4 is 10.6 Å². The molecule has 0 amide bonds. The van der Waals surface area contributed by atoms with Gasteiger partial charge in [-0.25, -0.2) is 9.38 Å². The second-order valence-corrected chi connectivity index (χ2v) is 5.06. The topological polar surface area (TPSA) is 79.6 Å². The van der Waals surface area contributed by atoms with E-state index < -0.39 is 4.92 Å². The van der Waals surface area contributed by atoms with E-state index in [1.807, 2.05) is 6.92 Å². The second-order valence-electron chi connectivity index (χ2n) is 5.06. The van der Waals surface area contributed by atoms with Gasteiger partial charge in [0.2, 0.25) is 0 Å². The number of para-hydroxylation sites is 1. The summed E-state index contributed by atoms with van der Waals surface area (Å²) in [6, 6.07) is 12.8. The number of aliphatic imine (C=N–C) groups is 1. The van der Waals surface area contributed by atoms with Crippen LogP contribution in [0.15, 0.2) is 53.5 Å². The highest BCUT2D eigenvalue weighted by Crippen LogP contribution is 2.17. The molecule has 0 aliphatic carbocycles. The molecule has 0 saturated heterocycles. The van der Waals surface area contributed by atoms with Crippen LogP contribution in [-0.2, 0) is 13.1 Å². The number of nitro groups is 1. The predicted molar refractivity (Wildman–Crippen MR) is 107 cm³/mol. The first-order chi connectivity index (χ1) is 11.6. The van der Waals surface area contributed by atoms with Crippen LogP contribution in [0.25, 0.3) is 0 Å². The van der Waals surface area contributed by atoms with Gasteiger partial charge in [-0.1, -0.05) is 30.3 Å². The molecule has 2 aromatic rings. The van der Waals surface area contributed by atoms with Crippen molar-refractivity contribution in [1.82, 2.24) is 10.6 Å². The largest absolute Gasteiger partial charge is 0.357 e. The molecule has 0 heterocycles. The zero-order valence-electron chi connectivity index (χ0n) is 13.7. The number of hydrogen-bond donors (Lipinski definition) is 2. The Labute approximate surface area is 162 Å². The number of halogens is 2. The van der Waals surface area contributed by atoms with Gasteiger partial charge in [-0.2, -0.15) is 0 Å². The maximum Gasteiger partial charge on any atom is 0.274 e. The van der Waals surface area contributed by atoms with E-state index in [9.17, 15) is 14.5 Å². The minimum Gasteiger partial charge on any atom is -0.357 e. The molecule has 0 bridgehead atoms. The monoisotopic (exact) mass is 458 g/mol. The molecule has 8 heteroatoms. The standard InChI is InChI=1S/C17H19FN4O2.HI/c1-2-19-17(20-11-13-6-5-8-15(18)10-13)21-12-14-7-3-4-9-16(14)22(23)24;/h3-10H,2,11-12H2,1H3,(H2,19,20,21);1H. The van der Waals surface area contributed by atoms with Gasteiger partial charge in [0.05, 0.1) is 11.5 Å². The highest BCUT2D eigenvalue weighted by atomic mass is 127. The van der Waals surface area contributed by atoms with Crippen molar-refractivity contribution < 1.29 is 9.31 Å². The van der Waals surface area contributed by atoms with Crippen LogP contribution in [0.3, 0.4) is 0 Å². The van der Waals surface area contributed by atoms with Gasteiger partial charge >= 0.3 is 0 Å². The van der Waals surface area contributed by atoms with Gasteiger partial charge in [-0.05, 0) is 24.6 Å². The molecule has 25 heavy (non-hydrogen) atoms. The number of nitrogens with zero attached hydrogens (tertiary/aromatic N) is 2. The molecule has 0 unspecified atom stereocenters. The molecule has 0 radical (unpaired) electrons. The summed E-state index contributed by atoms with van der Waals surface area (Å²) >= 11 is 0. The van der Waals surface area contributed by atoms with Gasteiger partial charge in [0, 0.05) is 24.7 Å². The first-order valence-electron chi connectivity index (χ1n) is 7.59. The van der Waals surface area contributed by atoms with Gasteiger partial charge in [-0.15, -0.1) is 24.0 Å².